The lowest BCUT2D eigenvalue weighted by atomic mass is 9.78. The lowest BCUT2D eigenvalue weighted by Gasteiger charge is -2.26. The van der Waals surface area contributed by atoms with Crippen molar-refractivity contribution in [1.29, 1.82) is 0 Å². The molecule has 1 aromatic carbocycles. The minimum absolute atomic E-state index is 0.00556. The first-order valence-corrected chi connectivity index (χ1v) is 6.31. The lowest BCUT2D eigenvalue weighted by molar-refractivity contribution is 0.101. The number of hydrogen-bond acceptors (Lipinski definition) is 1. The zero-order valence-electron chi connectivity index (χ0n) is 12.5. The van der Waals surface area contributed by atoms with Gasteiger partial charge in [-0.15, -0.1) is 0 Å². The molecule has 0 atom stereocenters. The van der Waals surface area contributed by atoms with Crippen LogP contribution < -0.4 is 0 Å². The van der Waals surface area contributed by atoms with Crippen molar-refractivity contribution in [1.82, 2.24) is 0 Å². The topological polar surface area (TPSA) is 37.0 Å². The van der Waals surface area contributed by atoms with Crippen LogP contribution in [0.1, 0.15) is 70.0 Å². The number of Topliss-reactive ketones (excluding diaryl/α,β-unsaturated/α-hetero) is 1. The molecule has 1 aromatic rings. The van der Waals surface area contributed by atoms with Crippen LogP contribution >= 0.6 is 0 Å². The predicted molar refractivity (Wildman–Crippen MR) is 74.0 cm³/mol. The molecule has 0 aliphatic heterocycles. The molecule has 1 rings (SSSR count). The van der Waals surface area contributed by atoms with Gasteiger partial charge in [0.2, 0.25) is 0 Å². The molecule has 2 heteroatoms. The van der Waals surface area contributed by atoms with Gasteiger partial charge in [-0.1, -0.05) is 41.5 Å². The van der Waals surface area contributed by atoms with E-state index in [2.05, 4.69) is 0 Å². The van der Waals surface area contributed by atoms with Crippen LogP contribution in [-0.4, -0.2) is 5.78 Å². The van der Waals surface area contributed by atoms with E-state index in [1.165, 1.54) is 0 Å². The summed E-state index contributed by atoms with van der Waals surface area (Å²) in [7, 11) is 0. The summed E-state index contributed by atoms with van der Waals surface area (Å²) in [6, 6.07) is 3.50. The molecule has 0 aromatic heterocycles. The van der Waals surface area contributed by atoms with Gasteiger partial charge >= 0.3 is 0 Å². The Kier molecular flexibility index (Phi) is 3.62. The third-order valence-corrected chi connectivity index (χ3v) is 3.11. The monoisotopic (exact) mass is 247 g/mol. The second kappa shape index (κ2) is 4.42. The zero-order chi connectivity index (χ0) is 14.3. The highest BCUT2D eigenvalue weighted by Crippen LogP contribution is 2.40. The summed E-state index contributed by atoms with van der Waals surface area (Å²) in [5.74, 6) is 0.0750. The van der Waals surface area contributed by atoms with Gasteiger partial charge in [-0.05, 0) is 29.9 Å². The van der Waals surface area contributed by atoms with Crippen molar-refractivity contribution in [2.24, 2.45) is 0 Å². The van der Waals surface area contributed by atoms with Crippen LogP contribution in [0.2, 0.25) is 0 Å². The van der Waals surface area contributed by atoms with Gasteiger partial charge in [-0.25, -0.2) is 0 Å². The number of benzene rings is 1. The molecule has 0 amide bonds. The molecule has 18 heavy (non-hydrogen) atoms. The van der Waals surface area contributed by atoms with Gasteiger partial charge in [-0.3, -0.25) is 9.90 Å². The normalized spacial score (nSPS) is 12.6. The summed E-state index contributed by atoms with van der Waals surface area (Å²) in [6.45, 7) is 13.5. The minimum atomic E-state index is -0.247. The van der Waals surface area contributed by atoms with E-state index < -0.39 is 0 Å². The van der Waals surface area contributed by atoms with E-state index in [0.717, 1.165) is 11.1 Å². The molecule has 0 heterocycles. The fraction of sp³-hybridized carbons (Fsp3) is 0.562. The van der Waals surface area contributed by atoms with Crippen molar-refractivity contribution in [2.45, 2.75) is 59.3 Å². The van der Waals surface area contributed by atoms with Crippen molar-refractivity contribution in [3.63, 3.8) is 0 Å². The minimum Gasteiger partial charge on any atom is -0.295 e. The molecule has 99 valence electrons. The van der Waals surface area contributed by atoms with E-state index in [1.54, 1.807) is 19.1 Å². The average Bonchev–Trinajstić information content (AvgIpc) is 2.13. The molecule has 0 N–H and O–H groups in total. The largest absolute Gasteiger partial charge is 0.295 e. The summed E-state index contributed by atoms with van der Waals surface area (Å²) < 4.78 is 0. The lowest BCUT2D eigenvalue weighted by Crippen LogP contribution is -2.18. The average molecular weight is 247 g/mol. The van der Waals surface area contributed by atoms with E-state index in [-0.39, 0.29) is 22.4 Å². The third kappa shape index (κ3) is 2.92. The SMILES string of the molecule is CC(=O)c1cc(C(C)(C)C)c([O])c(C(C)(C)C)c1. The first-order chi connectivity index (χ1) is 7.94. The molecular weight excluding hydrogens is 224 g/mol. The second-order valence-electron chi connectivity index (χ2n) is 6.96. The summed E-state index contributed by atoms with van der Waals surface area (Å²) >= 11 is 0. The van der Waals surface area contributed by atoms with Crippen molar-refractivity contribution < 1.29 is 9.90 Å². The van der Waals surface area contributed by atoms with Gasteiger partial charge in [0.15, 0.2) is 11.5 Å². The van der Waals surface area contributed by atoms with E-state index in [9.17, 15) is 9.90 Å². The van der Waals surface area contributed by atoms with Gasteiger partial charge in [0.25, 0.3) is 0 Å². The molecule has 0 aliphatic rings. The first-order valence-electron chi connectivity index (χ1n) is 6.31. The highest BCUT2D eigenvalue weighted by Gasteiger charge is 2.28. The van der Waals surface area contributed by atoms with Gasteiger partial charge in [0, 0.05) is 16.7 Å². The Hall–Kier alpha value is -1.31. The Morgan fingerprint density at radius 1 is 0.889 bits per heavy atom. The standard InChI is InChI=1S/C16H23O2/c1-10(17)11-8-12(15(2,3)4)14(18)13(9-11)16(5,6)7/h8-9H,1-7H3. The smallest absolute Gasteiger partial charge is 0.186 e. The first kappa shape index (κ1) is 14.7. The maximum Gasteiger partial charge on any atom is 0.186 e. The molecule has 0 aliphatic carbocycles. The quantitative estimate of drug-likeness (QED) is 0.667. The van der Waals surface area contributed by atoms with E-state index >= 15 is 0 Å². The fourth-order valence-electron chi connectivity index (χ4n) is 1.95. The fourth-order valence-corrected chi connectivity index (χ4v) is 1.95. The van der Waals surface area contributed by atoms with Crippen LogP contribution in [0, 0.1) is 0 Å². The van der Waals surface area contributed by atoms with Gasteiger partial charge in [0.1, 0.15) is 0 Å². The highest BCUT2D eigenvalue weighted by molar-refractivity contribution is 5.95. The van der Waals surface area contributed by atoms with Crippen molar-refractivity contribution in [2.75, 3.05) is 0 Å². The van der Waals surface area contributed by atoms with E-state index in [0.29, 0.717) is 5.56 Å². The number of carbonyl (C=O) groups excluding carboxylic acids is 1. The van der Waals surface area contributed by atoms with E-state index in [1.807, 2.05) is 41.5 Å². The number of ketones is 1. The molecule has 2 nitrogen and oxygen atoms in total. The molecular formula is C16H23O2. The van der Waals surface area contributed by atoms with Crippen molar-refractivity contribution in [3.05, 3.63) is 28.8 Å². The number of carbonyl (C=O) groups is 1. The maximum atomic E-state index is 12.5. The van der Waals surface area contributed by atoms with Crippen LogP contribution in [0.5, 0.6) is 5.75 Å². The molecule has 0 bridgehead atoms. The summed E-state index contributed by atoms with van der Waals surface area (Å²) in [6.07, 6.45) is 0. The Bertz CT molecular complexity index is 436. The molecule has 0 saturated heterocycles. The summed E-state index contributed by atoms with van der Waals surface area (Å²) in [5, 5.41) is 12.5. The molecule has 0 saturated carbocycles. The molecule has 1 radical (unpaired) electrons. The number of hydrogen-bond donors (Lipinski definition) is 0. The van der Waals surface area contributed by atoms with Crippen LogP contribution in [-0.2, 0) is 15.9 Å². The third-order valence-electron chi connectivity index (χ3n) is 3.11. The zero-order valence-corrected chi connectivity index (χ0v) is 12.5. The van der Waals surface area contributed by atoms with Crippen LogP contribution in [0.15, 0.2) is 12.1 Å². The van der Waals surface area contributed by atoms with E-state index in [4.69, 9.17) is 0 Å². The summed E-state index contributed by atoms with van der Waals surface area (Å²) in [5.41, 5.74) is 1.58. The Morgan fingerprint density at radius 3 is 1.44 bits per heavy atom. The van der Waals surface area contributed by atoms with Gasteiger partial charge < -0.3 is 0 Å². The summed E-state index contributed by atoms with van der Waals surface area (Å²) in [4.78, 5) is 11.6. The highest BCUT2D eigenvalue weighted by atomic mass is 16.3. The van der Waals surface area contributed by atoms with Gasteiger partial charge in [0.05, 0.1) is 0 Å². The Balaban J connectivity index is 3.64. The predicted octanol–water partition coefficient (Wildman–Crippen LogP) is 4.63. The Labute approximate surface area is 110 Å². The molecule has 0 spiro atoms. The molecule has 0 unspecified atom stereocenters. The Morgan fingerprint density at radius 2 is 1.22 bits per heavy atom. The van der Waals surface area contributed by atoms with Crippen LogP contribution in [0.3, 0.4) is 0 Å². The van der Waals surface area contributed by atoms with Crippen molar-refractivity contribution in [3.8, 4) is 5.75 Å². The second-order valence-corrected chi connectivity index (χ2v) is 6.96. The maximum absolute atomic E-state index is 12.5. The van der Waals surface area contributed by atoms with Crippen LogP contribution in [0.4, 0.5) is 0 Å². The van der Waals surface area contributed by atoms with Gasteiger partial charge in [-0.2, -0.15) is 0 Å². The number of rotatable bonds is 1. The van der Waals surface area contributed by atoms with Crippen LogP contribution in [0.25, 0.3) is 0 Å². The van der Waals surface area contributed by atoms with Crippen molar-refractivity contribution >= 4 is 5.78 Å². The molecule has 0 fully saturated rings.